The molecular weight excluding hydrogens is 252 g/mol. The molecule has 4 nitrogen and oxygen atoms in total. The van der Waals surface area contributed by atoms with Crippen molar-refractivity contribution in [2.75, 3.05) is 6.54 Å². The second kappa shape index (κ2) is 4.74. The summed E-state index contributed by atoms with van der Waals surface area (Å²) in [4.78, 5) is 26.1. The van der Waals surface area contributed by atoms with Crippen LogP contribution in [0.5, 0.6) is 0 Å². The van der Waals surface area contributed by atoms with Crippen molar-refractivity contribution in [2.45, 2.75) is 58.4 Å². The van der Waals surface area contributed by atoms with Crippen LogP contribution in [0, 0.1) is 23.2 Å². The first kappa shape index (κ1) is 13.9. The molecule has 2 N–H and O–H groups in total. The average molecular weight is 278 g/mol. The molecule has 0 aromatic rings. The minimum Gasteiger partial charge on any atom is -0.368 e. The minimum atomic E-state index is -0.406. The van der Waals surface area contributed by atoms with Gasteiger partial charge in [-0.05, 0) is 70.1 Å². The number of rotatable bonds is 4. The molecule has 112 valence electrons. The molecule has 0 radical (unpaired) electrons. The molecule has 20 heavy (non-hydrogen) atoms. The first-order valence-electron chi connectivity index (χ1n) is 7.99. The van der Waals surface area contributed by atoms with E-state index in [0.717, 1.165) is 37.0 Å². The van der Waals surface area contributed by atoms with Crippen LogP contribution in [0.3, 0.4) is 0 Å². The van der Waals surface area contributed by atoms with Gasteiger partial charge in [-0.25, -0.2) is 0 Å². The second-order valence-corrected chi connectivity index (χ2v) is 7.69. The van der Waals surface area contributed by atoms with E-state index in [0.29, 0.717) is 0 Å². The summed E-state index contributed by atoms with van der Waals surface area (Å²) in [5.41, 5.74) is 5.16. The molecule has 0 saturated heterocycles. The van der Waals surface area contributed by atoms with Crippen molar-refractivity contribution < 1.29 is 9.59 Å². The van der Waals surface area contributed by atoms with Crippen LogP contribution in [0.15, 0.2) is 0 Å². The molecule has 0 spiro atoms. The molecule has 0 unspecified atom stereocenters. The molecule has 4 fully saturated rings. The number of nitrogens with zero attached hydrogens (tertiary/aromatic N) is 1. The normalized spacial score (nSPS) is 38.2. The zero-order valence-corrected chi connectivity index (χ0v) is 12.6. The zero-order valence-electron chi connectivity index (χ0n) is 12.6. The molecule has 4 saturated carbocycles. The summed E-state index contributed by atoms with van der Waals surface area (Å²) in [6.45, 7) is 4.01. The van der Waals surface area contributed by atoms with Crippen molar-refractivity contribution >= 4 is 11.8 Å². The number of amides is 2. The van der Waals surface area contributed by atoms with E-state index >= 15 is 0 Å². The van der Waals surface area contributed by atoms with Gasteiger partial charge in [0.05, 0.1) is 12.0 Å². The SMILES string of the molecule is CC(C)N(CC(N)=O)C(=O)C12CC3CC(CC(C3)C1)C2. The van der Waals surface area contributed by atoms with Crippen LogP contribution in [0.25, 0.3) is 0 Å². The molecule has 0 aliphatic heterocycles. The fraction of sp³-hybridized carbons (Fsp3) is 0.875. The van der Waals surface area contributed by atoms with Gasteiger partial charge in [0.2, 0.25) is 11.8 Å². The van der Waals surface area contributed by atoms with E-state index in [4.69, 9.17) is 5.73 Å². The van der Waals surface area contributed by atoms with E-state index in [1.165, 1.54) is 19.3 Å². The van der Waals surface area contributed by atoms with Gasteiger partial charge in [0.25, 0.3) is 0 Å². The van der Waals surface area contributed by atoms with Gasteiger partial charge in [-0.2, -0.15) is 0 Å². The average Bonchev–Trinajstić information content (AvgIpc) is 2.33. The predicted octanol–water partition coefficient (Wildman–Crippen LogP) is 1.93. The lowest BCUT2D eigenvalue weighted by atomic mass is 9.49. The van der Waals surface area contributed by atoms with E-state index in [2.05, 4.69) is 0 Å². The van der Waals surface area contributed by atoms with Gasteiger partial charge >= 0.3 is 0 Å². The van der Waals surface area contributed by atoms with E-state index in [1.807, 2.05) is 13.8 Å². The topological polar surface area (TPSA) is 63.4 Å². The minimum absolute atomic E-state index is 0.0444. The highest BCUT2D eigenvalue weighted by molar-refractivity contribution is 5.88. The highest BCUT2D eigenvalue weighted by Crippen LogP contribution is 2.60. The van der Waals surface area contributed by atoms with Gasteiger partial charge in [0, 0.05) is 6.04 Å². The summed E-state index contributed by atoms with van der Waals surface area (Å²) in [5.74, 6) is 2.02. The second-order valence-electron chi connectivity index (χ2n) is 7.69. The summed E-state index contributed by atoms with van der Waals surface area (Å²) in [6, 6.07) is 0.0444. The van der Waals surface area contributed by atoms with Crippen LogP contribution in [-0.2, 0) is 9.59 Å². The maximum absolute atomic E-state index is 13.1. The lowest BCUT2D eigenvalue weighted by molar-refractivity contribution is -0.160. The third-order valence-electron chi connectivity index (χ3n) is 5.70. The summed E-state index contributed by atoms with van der Waals surface area (Å²) in [7, 11) is 0. The molecule has 4 bridgehead atoms. The third-order valence-corrected chi connectivity index (χ3v) is 5.70. The molecule has 0 heterocycles. The number of hydrogen-bond acceptors (Lipinski definition) is 2. The fourth-order valence-electron chi connectivity index (χ4n) is 5.33. The number of carbonyl (C=O) groups is 2. The van der Waals surface area contributed by atoms with Crippen LogP contribution < -0.4 is 5.73 Å². The van der Waals surface area contributed by atoms with Crippen LogP contribution in [0.1, 0.15) is 52.4 Å². The van der Waals surface area contributed by atoms with Crippen molar-refractivity contribution in [3.05, 3.63) is 0 Å². The number of nitrogens with two attached hydrogens (primary N) is 1. The molecule has 4 aliphatic rings. The molecule has 0 atom stereocenters. The Morgan fingerprint density at radius 1 is 1.10 bits per heavy atom. The van der Waals surface area contributed by atoms with Crippen molar-refractivity contribution in [3.63, 3.8) is 0 Å². The van der Waals surface area contributed by atoms with Gasteiger partial charge in [0.1, 0.15) is 0 Å². The van der Waals surface area contributed by atoms with Crippen molar-refractivity contribution in [2.24, 2.45) is 28.9 Å². The molecule has 0 aromatic heterocycles. The predicted molar refractivity (Wildman–Crippen MR) is 76.6 cm³/mol. The maximum Gasteiger partial charge on any atom is 0.237 e. The largest absolute Gasteiger partial charge is 0.368 e. The first-order valence-corrected chi connectivity index (χ1v) is 7.99. The van der Waals surface area contributed by atoms with Crippen LogP contribution >= 0.6 is 0 Å². The Balaban J connectivity index is 1.83. The highest BCUT2D eigenvalue weighted by Gasteiger charge is 2.55. The Hall–Kier alpha value is -1.06. The van der Waals surface area contributed by atoms with Crippen LogP contribution in [-0.4, -0.2) is 29.3 Å². The van der Waals surface area contributed by atoms with E-state index < -0.39 is 5.91 Å². The number of hydrogen-bond donors (Lipinski definition) is 1. The standard InChI is InChI=1S/C16H26N2O2/c1-10(2)18(9-14(17)19)15(20)16-6-11-3-12(7-16)5-13(4-11)8-16/h10-13H,3-9H2,1-2H3,(H2,17,19). The van der Waals surface area contributed by atoms with Crippen LogP contribution in [0.4, 0.5) is 0 Å². The zero-order chi connectivity index (χ0) is 14.5. The van der Waals surface area contributed by atoms with Crippen molar-refractivity contribution in [1.82, 2.24) is 4.90 Å². The summed E-state index contributed by atoms with van der Waals surface area (Å²) in [5, 5.41) is 0. The first-order chi connectivity index (χ1) is 9.39. The van der Waals surface area contributed by atoms with Gasteiger partial charge in [0.15, 0.2) is 0 Å². The monoisotopic (exact) mass is 278 g/mol. The van der Waals surface area contributed by atoms with Gasteiger partial charge in [-0.1, -0.05) is 0 Å². The van der Waals surface area contributed by atoms with Gasteiger partial charge in [-0.15, -0.1) is 0 Å². The van der Waals surface area contributed by atoms with E-state index in [1.54, 1.807) is 4.90 Å². The smallest absolute Gasteiger partial charge is 0.237 e. The maximum atomic E-state index is 13.1. The molecular formula is C16H26N2O2. The molecule has 4 heteroatoms. The summed E-state index contributed by atoms with van der Waals surface area (Å²) in [6.07, 6.45) is 7.09. The van der Waals surface area contributed by atoms with Crippen molar-refractivity contribution in [1.29, 1.82) is 0 Å². The molecule has 2 amide bonds. The Labute approximate surface area is 121 Å². The number of primary amides is 1. The molecule has 0 aromatic carbocycles. The highest BCUT2D eigenvalue weighted by atomic mass is 16.2. The number of carbonyl (C=O) groups excluding carboxylic acids is 2. The van der Waals surface area contributed by atoms with Crippen molar-refractivity contribution in [3.8, 4) is 0 Å². The Kier molecular flexibility index (Phi) is 3.30. The lowest BCUT2D eigenvalue weighted by Crippen LogP contribution is -2.57. The van der Waals surface area contributed by atoms with Crippen LogP contribution in [0.2, 0.25) is 0 Å². The summed E-state index contributed by atoms with van der Waals surface area (Å²) < 4.78 is 0. The van der Waals surface area contributed by atoms with E-state index in [9.17, 15) is 9.59 Å². The Bertz CT molecular complexity index is 395. The third kappa shape index (κ3) is 2.23. The summed E-state index contributed by atoms with van der Waals surface area (Å²) >= 11 is 0. The lowest BCUT2D eigenvalue weighted by Gasteiger charge is -2.56. The Morgan fingerprint density at radius 3 is 1.90 bits per heavy atom. The van der Waals surface area contributed by atoms with Gasteiger partial charge in [-0.3, -0.25) is 9.59 Å². The molecule has 4 rings (SSSR count). The Morgan fingerprint density at radius 2 is 1.55 bits per heavy atom. The quantitative estimate of drug-likeness (QED) is 0.854. The fourth-order valence-corrected chi connectivity index (χ4v) is 5.33. The van der Waals surface area contributed by atoms with Gasteiger partial charge < -0.3 is 10.6 Å². The van der Waals surface area contributed by atoms with E-state index in [-0.39, 0.29) is 23.9 Å². The molecule has 4 aliphatic carbocycles.